The van der Waals surface area contributed by atoms with E-state index in [1.54, 1.807) is 18.2 Å². The second kappa shape index (κ2) is 5.90. The lowest BCUT2D eigenvalue weighted by Gasteiger charge is -2.27. The smallest absolute Gasteiger partial charge is 0.141 e. The van der Waals surface area contributed by atoms with E-state index in [1.807, 2.05) is 6.92 Å². The molecule has 0 spiro atoms. The van der Waals surface area contributed by atoms with Crippen LogP contribution in [0.15, 0.2) is 42.5 Å². The summed E-state index contributed by atoms with van der Waals surface area (Å²) in [5.74, 6) is -0.896. The van der Waals surface area contributed by atoms with Gasteiger partial charge in [0.2, 0.25) is 0 Å². The summed E-state index contributed by atoms with van der Waals surface area (Å²) in [6.07, 6.45) is 0.651. The SMILES string of the molecule is CCC(O)(Cc1ccc(F)c(Cl)c1)c1cccc(F)c1. The average Bonchev–Trinajstić information content (AvgIpc) is 2.43. The molecule has 4 heteroatoms. The fraction of sp³-hybridized carbons (Fsp3) is 0.250. The largest absolute Gasteiger partial charge is 0.385 e. The maximum absolute atomic E-state index is 13.3. The average molecular weight is 297 g/mol. The first-order valence-corrected chi connectivity index (χ1v) is 6.75. The van der Waals surface area contributed by atoms with Crippen LogP contribution in [0.4, 0.5) is 8.78 Å². The molecule has 0 aliphatic rings. The van der Waals surface area contributed by atoms with E-state index in [9.17, 15) is 13.9 Å². The summed E-state index contributed by atoms with van der Waals surface area (Å²) in [5.41, 5.74) is -0.00560. The summed E-state index contributed by atoms with van der Waals surface area (Å²) in [7, 11) is 0. The van der Waals surface area contributed by atoms with Crippen LogP contribution >= 0.6 is 11.6 Å². The minimum Gasteiger partial charge on any atom is -0.385 e. The molecular weight excluding hydrogens is 282 g/mol. The molecule has 1 unspecified atom stereocenters. The number of halogens is 3. The highest BCUT2D eigenvalue weighted by Gasteiger charge is 2.28. The fourth-order valence-corrected chi connectivity index (χ4v) is 2.40. The van der Waals surface area contributed by atoms with E-state index in [-0.39, 0.29) is 11.4 Å². The van der Waals surface area contributed by atoms with Crippen LogP contribution in [-0.2, 0) is 12.0 Å². The molecular formula is C16H15ClF2O. The van der Waals surface area contributed by atoms with Crippen LogP contribution in [-0.4, -0.2) is 5.11 Å². The van der Waals surface area contributed by atoms with E-state index >= 15 is 0 Å². The summed E-state index contributed by atoms with van der Waals surface area (Å²) in [4.78, 5) is 0. The van der Waals surface area contributed by atoms with Gasteiger partial charge in [0.05, 0.1) is 10.6 Å². The van der Waals surface area contributed by atoms with E-state index in [4.69, 9.17) is 11.6 Å². The lowest BCUT2D eigenvalue weighted by atomic mass is 9.85. The van der Waals surface area contributed by atoms with Crippen LogP contribution in [0.3, 0.4) is 0 Å². The van der Waals surface area contributed by atoms with Crippen molar-refractivity contribution in [2.75, 3.05) is 0 Å². The Morgan fingerprint density at radius 3 is 2.50 bits per heavy atom. The van der Waals surface area contributed by atoms with Gasteiger partial charge in [-0.2, -0.15) is 0 Å². The Kier molecular flexibility index (Phi) is 4.41. The molecule has 0 amide bonds. The van der Waals surface area contributed by atoms with Crippen LogP contribution < -0.4 is 0 Å². The molecule has 0 aliphatic carbocycles. The Balaban J connectivity index is 2.33. The van der Waals surface area contributed by atoms with Crippen molar-refractivity contribution in [2.24, 2.45) is 0 Å². The maximum atomic E-state index is 13.3. The monoisotopic (exact) mass is 296 g/mol. The van der Waals surface area contributed by atoms with E-state index in [2.05, 4.69) is 0 Å². The molecule has 0 aromatic heterocycles. The molecule has 20 heavy (non-hydrogen) atoms. The Morgan fingerprint density at radius 1 is 1.15 bits per heavy atom. The van der Waals surface area contributed by atoms with Gasteiger partial charge in [-0.1, -0.05) is 36.7 Å². The van der Waals surface area contributed by atoms with Gasteiger partial charge in [0, 0.05) is 6.42 Å². The van der Waals surface area contributed by atoms with Crippen molar-refractivity contribution in [1.29, 1.82) is 0 Å². The van der Waals surface area contributed by atoms with Gasteiger partial charge in [-0.3, -0.25) is 0 Å². The van der Waals surface area contributed by atoms with Crippen LogP contribution in [0, 0.1) is 11.6 Å². The number of benzene rings is 2. The zero-order valence-electron chi connectivity index (χ0n) is 11.0. The first-order chi connectivity index (χ1) is 9.44. The van der Waals surface area contributed by atoms with Gasteiger partial charge < -0.3 is 5.11 Å². The van der Waals surface area contributed by atoms with Gasteiger partial charge in [0.25, 0.3) is 0 Å². The van der Waals surface area contributed by atoms with E-state index in [0.717, 1.165) is 0 Å². The third-order valence-corrected chi connectivity index (χ3v) is 3.72. The molecule has 2 aromatic carbocycles. The number of hydrogen-bond acceptors (Lipinski definition) is 1. The molecule has 0 bridgehead atoms. The molecule has 0 heterocycles. The second-order valence-corrected chi connectivity index (χ2v) is 5.23. The zero-order valence-corrected chi connectivity index (χ0v) is 11.8. The molecule has 2 aromatic rings. The maximum Gasteiger partial charge on any atom is 0.141 e. The standard InChI is InChI=1S/C16H15ClF2O/c1-2-16(20,12-4-3-5-13(18)9-12)10-11-6-7-15(19)14(17)8-11/h3-9,20H,2,10H2,1H3. The number of hydrogen-bond donors (Lipinski definition) is 1. The van der Waals surface area contributed by atoms with Crippen molar-refractivity contribution < 1.29 is 13.9 Å². The lowest BCUT2D eigenvalue weighted by molar-refractivity contribution is 0.0324. The molecule has 1 atom stereocenters. The quantitative estimate of drug-likeness (QED) is 0.883. The Bertz CT molecular complexity index is 615. The molecule has 1 N–H and O–H groups in total. The van der Waals surface area contributed by atoms with E-state index in [1.165, 1.54) is 24.3 Å². The van der Waals surface area contributed by atoms with Crippen molar-refractivity contribution >= 4 is 11.6 Å². The van der Waals surface area contributed by atoms with Crippen LogP contribution in [0.25, 0.3) is 0 Å². The first-order valence-electron chi connectivity index (χ1n) is 6.37. The van der Waals surface area contributed by atoms with Crippen LogP contribution in [0.1, 0.15) is 24.5 Å². The van der Waals surface area contributed by atoms with Crippen LogP contribution in [0.5, 0.6) is 0 Å². The highest BCUT2D eigenvalue weighted by atomic mass is 35.5. The minimum atomic E-state index is -1.21. The van der Waals surface area contributed by atoms with Crippen LogP contribution in [0.2, 0.25) is 5.02 Å². The third-order valence-electron chi connectivity index (χ3n) is 3.43. The molecule has 1 nitrogen and oxygen atoms in total. The van der Waals surface area contributed by atoms with E-state index in [0.29, 0.717) is 17.5 Å². The summed E-state index contributed by atoms with van der Waals surface area (Å²) >= 11 is 5.74. The second-order valence-electron chi connectivity index (χ2n) is 4.82. The highest BCUT2D eigenvalue weighted by molar-refractivity contribution is 6.30. The number of aliphatic hydroxyl groups is 1. The molecule has 0 saturated heterocycles. The zero-order chi connectivity index (χ0) is 14.8. The molecule has 106 valence electrons. The van der Waals surface area contributed by atoms with Crippen molar-refractivity contribution in [3.8, 4) is 0 Å². The molecule has 0 saturated carbocycles. The van der Waals surface area contributed by atoms with Crippen molar-refractivity contribution in [3.05, 3.63) is 70.2 Å². The molecule has 0 aliphatic heterocycles. The van der Waals surface area contributed by atoms with Gasteiger partial charge >= 0.3 is 0 Å². The first kappa shape index (κ1) is 14.9. The van der Waals surface area contributed by atoms with Crippen molar-refractivity contribution in [2.45, 2.75) is 25.4 Å². The highest BCUT2D eigenvalue weighted by Crippen LogP contribution is 2.30. The lowest BCUT2D eigenvalue weighted by Crippen LogP contribution is -2.27. The topological polar surface area (TPSA) is 20.2 Å². The van der Waals surface area contributed by atoms with Crippen molar-refractivity contribution in [1.82, 2.24) is 0 Å². The third kappa shape index (κ3) is 3.17. The molecule has 0 radical (unpaired) electrons. The fourth-order valence-electron chi connectivity index (χ4n) is 2.20. The Morgan fingerprint density at radius 2 is 1.90 bits per heavy atom. The van der Waals surface area contributed by atoms with Gasteiger partial charge in [0.15, 0.2) is 0 Å². The molecule has 0 fully saturated rings. The van der Waals surface area contributed by atoms with E-state index < -0.39 is 17.2 Å². The predicted octanol–water partition coefficient (Wildman–Crippen LogP) is 4.46. The van der Waals surface area contributed by atoms with Gasteiger partial charge in [-0.05, 0) is 41.8 Å². The summed E-state index contributed by atoms with van der Waals surface area (Å²) < 4.78 is 26.5. The minimum absolute atomic E-state index is 0.0141. The van der Waals surface area contributed by atoms with Gasteiger partial charge in [-0.25, -0.2) is 8.78 Å². The summed E-state index contributed by atoms with van der Waals surface area (Å²) in [6, 6.07) is 10.2. The normalized spacial score (nSPS) is 14.1. The summed E-state index contributed by atoms with van der Waals surface area (Å²) in [6.45, 7) is 1.82. The molecule has 2 rings (SSSR count). The predicted molar refractivity (Wildman–Crippen MR) is 75.7 cm³/mol. The number of rotatable bonds is 4. The van der Waals surface area contributed by atoms with Gasteiger partial charge in [0.1, 0.15) is 11.6 Å². The Hall–Kier alpha value is -1.45. The van der Waals surface area contributed by atoms with Crippen molar-refractivity contribution in [3.63, 3.8) is 0 Å². The van der Waals surface area contributed by atoms with Gasteiger partial charge in [-0.15, -0.1) is 0 Å². The summed E-state index contributed by atoms with van der Waals surface area (Å²) in [5, 5.41) is 10.7. The Labute approximate surface area is 121 Å².